The summed E-state index contributed by atoms with van der Waals surface area (Å²) in [6.45, 7) is 6.31. The molecule has 0 N–H and O–H groups in total. The molecule has 1 aliphatic heterocycles. The Bertz CT molecular complexity index is 1400. The summed E-state index contributed by atoms with van der Waals surface area (Å²) in [4.78, 5) is 31.7. The summed E-state index contributed by atoms with van der Waals surface area (Å²) < 4.78 is 1.73. The number of hydrogen-bond acceptors (Lipinski definition) is 3. The molecule has 0 unspecified atom stereocenters. The Morgan fingerprint density at radius 3 is 2.83 bits per heavy atom. The van der Waals surface area contributed by atoms with Crippen molar-refractivity contribution in [2.24, 2.45) is 0 Å². The highest BCUT2D eigenvalue weighted by Gasteiger charge is 2.22. The van der Waals surface area contributed by atoms with Gasteiger partial charge in [-0.25, -0.2) is 0 Å². The van der Waals surface area contributed by atoms with Gasteiger partial charge in [0.15, 0.2) is 0 Å². The van der Waals surface area contributed by atoms with Crippen molar-refractivity contribution >= 4 is 33.4 Å². The number of hydrogen-bond donors (Lipinski definition) is 0. The van der Waals surface area contributed by atoms with Crippen LogP contribution in [-0.4, -0.2) is 22.0 Å². The number of carbonyl (C=O) groups is 1. The lowest BCUT2D eigenvalue weighted by Gasteiger charge is -2.29. The predicted molar refractivity (Wildman–Crippen MR) is 120 cm³/mol. The van der Waals surface area contributed by atoms with Crippen molar-refractivity contribution in [2.75, 3.05) is 11.4 Å². The van der Waals surface area contributed by atoms with E-state index in [1.54, 1.807) is 21.7 Å². The lowest BCUT2D eigenvalue weighted by Crippen LogP contribution is -2.34. The molecule has 4 aromatic rings. The summed E-state index contributed by atoms with van der Waals surface area (Å²) in [5.41, 5.74) is 5.35. The van der Waals surface area contributed by atoms with Crippen molar-refractivity contribution in [3.8, 4) is 5.69 Å². The Balaban J connectivity index is 1.83. The van der Waals surface area contributed by atoms with Crippen LogP contribution in [0.1, 0.15) is 17.5 Å². The van der Waals surface area contributed by atoms with Crippen molar-refractivity contribution in [1.29, 1.82) is 0 Å². The molecular formula is C25H21N3O2. The number of carbonyl (C=O) groups excluding carboxylic acids is 1. The second-order valence-electron chi connectivity index (χ2n) is 7.70. The van der Waals surface area contributed by atoms with Gasteiger partial charge in [0.1, 0.15) is 0 Å². The molecule has 0 atom stereocenters. The average Bonchev–Trinajstić information content (AvgIpc) is 2.77. The zero-order valence-corrected chi connectivity index (χ0v) is 16.8. The summed E-state index contributed by atoms with van der Waals surface area (Å²) in [7, 11) is 0. The van der Waals surface area contributed by atoms with Gasteiger partial charge in [-0.3, -0.25) is 19.1 Å². The van der Waals surface area contributed by atoms with Crippen molar-refractivity contribution in [1.82, 2.24) is 9.55 Å². The number of benzene rings is 2. The third kappa shape index (κ3) is 2.82. The predicted octanol–water partition coefficient (Wildman–Crippen LogP) is 4.31. The van der Waals surface area contributed by atoms with Gasteiger partial charge >= 0.3 is 0 Å². The van der Waals surface area contributed by atoms with E-state index >= 15 is 0 Å². The van der Waals surface area contributed by atoms with E-state index in [1.165, 1.54) is 6.08 Å². The summed E-state index contributed by atoms with van der Waals surface area (Å²) >= 11 is 0. The minimum atomic E-state index is -0.122. The number of pyridine rings is 2. The molecule has 0 radical (unpaired) electrons. The molecular weight excluding hydrogens is 374 g/mol. The van der Waals surface area contributed by atoms with Gasteiger partial charge in [-0.1, -0.05) is 24.3 Å². The van der Waals surface area contributed by atoms with Crippen molar-refractivity contribution in [3.63, 3.8) is 0 Å². The van der Waals surface area contributed by atoms with Crippen LogP contribution in [-0.2, 0) is 11.2 Å². The molecule has 0 spiro atoms. The summed E-state index contributed by atoms with van der Waals surface area (Å²) in [6.07, 6.45) is 4.96. The SMILES string of the molecule is C=CC(=O)N1CCCc2ccc(-n3c(=O)ccc4cnc5ccc(C)cc5c43)cc21. The van der Waals surface area contributed by atoms with Gasteiger partial charge in [0.2, 0.25) is 5.91 Å². The number of nitrogens with zero attached hydrogens (tertiary/aromatic N) is 3. The molecule has 1 aliphatic rings. The molecule has 2 aromatic heterocycles. The van der Waals surface area contributed by atoms with Crippen LogP contribution < -0.4 is 10.5 Å². The van der Waals surface area contributed by atoms with Crippen LogP contribution >= 0.6 is 0 Å². The first-order valence-corrected chi connectivity index (χ1v) is 10.1. The van der Waals surface area contributed by atoms with Crippen LogP contribution in [0.25, 0.3) is 27.5 Å². The number of anilines is 1. The highest BCUT2D eigenvalue weighted by Crippen LogP contribution is 2.31. The Labute approximate surface area is 173 Å². The van der Waals surface area contributed by atoms with Crippen molar-refractivity contribution in [3.05, 3.63) is 88.9 Å². The van der Waals surface area contributed by atoms with Crippen LogP contribution in [0.5, 0.6) is 0 Å². The maximum Gasteiger partial charge on any atom is 0.255 e. The second kappa shape index (κ2) is 6.95. The quantitative estimate of drug-likeness (QED) is 0.375. The molecule has 5 nitrogen and oxygen atoms in total. The lowest BCUT2D eigenvalue weighted by molar-refractivity contribution is -0.114. The zero-order chi connectivity index (χ0) is 20.8. The number of fused-ring (bicyclic) bond motifs is 4. The summed E-state index contributed by atoms with van der Waals surface area (Å²) in [5.74, 6) is -0.122. The van der Waals surface area contributed by atoms with E-state index in [0.29, 0.717) is 6.54 Å². The van der Waals surface area contributed by atoms with E-state index in [1.807, 2.05) is 43.3 Å². The fourth-order valence-electron chi connectivity index (χ4n) is 4.32. The topological polar surface area (TPSA) is 55.2 Å². The van der Waals surface area contributed by atoms with E-state index < -0.39 is 0 Å². The van der Waals surface area contributed by atoms with E-state index in [2.05, 4.69) is 17.6 Å². The van der Waals surface area contributed by atoms with Gasteiger partial charge in [-0.15, -0.1) is 0 Å². The lowest BCUT2D eigenvalue weighted by atomic mass is 10.0. The molecule has 30 heavy (non-hydrogen) atoms. The molecule has 0 bridgehead atoms. The van der Waals surface area contributed by atoms with Crippen molar-refractivity contribution in [2.45, 2.75) is 19.8 Å². The van der Waals surface area contributed by atoms with Crippen LogP contribution in [0.2, 0.25) is 0 Å². The van der Waals surface area contributed by atoms with E-state index in [9.17, 15) is 9.59 Å². The monoisotopic (exact) mass is 395 g/mol. The van der Waals surface area contributed by atoms with Crippen LogP contribution in [0.4, 0.5) is 5.69 Å². The van der Waals surface area contributed by atoms with E-state index in [-0.39, 0.29) is 11.5 Å². The molecule has 0 aliphatic carbocycles. The van der Waals surface area contributed by atoms with Gasteiger partial charge in [0, 0.05) is 35.3 Å². The maximum absolute atomic E-state index is 13.0. The van der Waals surface area contributed by atoms with Crippen LogP contribution in [0.3, 0.4) is 0 Å². The number of aromatic nitrogens is 2. The summed E-state index contributed by atoms with van der Waals surface area (Å²) in [6, 6.07) is 15.4. The minimum Gasteiger partial charge on any atom is -0.309 e. The first-order valence-electron chi connectivity index (χ1n) is 10.1. The molecule has 2 aromatic carbocycles. The normalized spacial score (nSPS) is 13.4. The molecule has 1 amide bonds. The summed E-state index contributed by atoms with van der Waals surface area (Å²) in [5, 5.41) is 1.83. The Morgan fingerprint density at radius 1 is 1.13 bits per heavy atom. The first kappa shape index (κ1) is 18.3. The van der Waals surface area contributed by atoms with Gasteiger partial charge in [0.25, 0.3) is 5.56 Å². The van der Waals surface area contributed by atoms with E-state index in [4.69, 9.17) is 0 Å². The average molecular weight is 395 g/mol. The minimum absolute atomic E-state index is 0.117. The smallest absolute Gasteiger partial charge is 0.255 e. The molecule has 5 heteroatoms. The molecule has 148 valence electrons. The standard InChI is InChI=1S/C25H21N3O2/c1-3-23(29)27-12-4-5-17-7-9-19(14-22(17)27)28-24(30)11-8-18-15-26-21-10-6-16(2)13-20(21)25(18)28/h3,6-11,13-15H,1,4-5,12H2,2H3. The molecule has 0 saturated carbocycles. The Morgan fingerprint density at radius 2 is 2.00 bits per heavy atom. The number of amides is 1. The molecule has 3 heterocycles. The molecule has 0 fully saturated rings. The first-order chi connectivity index (χ1) is 14.6. The third-order valence-corrected chi connectivity index (χ3v) is 5.76. The second-order valence-corrected chi connectivity index (χ2v) is 7.70. The highest BCUT2D eigenvalue weighted by molar-refractivity contribution is 6.04. The number of rotatable bonds is 2. The van der Waals surface area contributed by atoms with Gasteiger partial charge in [-0.2, -0.15) is 0 Å². The Kier molecular flexibility index (Phi) is 4.24. The number of aryl methyl sites for hydroxylation is 2. The van der Waals surface area contributed by atoms with Crippen LogP contribution in [0, 0.1) is 6.92 Å². The maximum atomic E-state index is 13.0. The Hall–Kier alpha value is -3.73. The van der Waals surface area contributed by atoms with Gasteiger partial charge < -0.3 is 4.90 Å². The third-order valence-electron chi connectivity index (χ3n) is 5.76. The molecule has 0 saturated heterocycles. The highest BCUT2D eigenvalue weighted by atomic mass is 16.2. The van der Waals surface area contributed by atoms with Crippen LogP contribution in [0.15, 0.2) is 72.2 Å². The van der Waals surface area contributed by atoms with E-state index in [0.717, 1.165) is 57.1 Å². The van der Waals surface area contributed by atoms with Gasteiger partial charge in [-0.05, 0) is 61.7 Å². The molecule has 5 rings (SSSR count). The zero-order valence-electron chi connectivity index (χ0n) is 16.8. The largest absolute Gasteiger partial charge is 0.309 e. The van der Waals surface area contributed by atoms with Crippen molar-refractivity contribution < 1.29 is 4.79 Å². The fraction of sp³-hybridized carbons (Fsp3) is 0.160. The van der Waals surface area contributed by atoms with Gasteiger partial charge in [0.05, 0.1) is 16.7 Å². The fourth-order valence-corrected chi connectivity index (χ4v) is 4.32.